The molecule has 1 aliphatic rings. The van der Waals surface area contributed by atoms with E-state index in [1.54, 1.807) is 6.07 Å². The summed E-state index contributed by atoms with van der Waals surface area (Å²) in [4.78, 5) is 0. The number of halogens is 3. The second-order valence-corrected chi connectivity index (χ2v) is 6.28. The normalized spacial score (nSPS) is 23.5. The lowest BCUT2D eigenvalue weighted by Gasteiger charge is -2.32. The van der Waals surface area contributed by atoms with E-state index in [0.29, 0.717) is 12.3 Å². The van der Waals surface area contributed by atoms with Gasteiger partial charge in [0.25, 0.3) is 0 Å². The molecule has 112 valence electrons. The molecule has 0 amide bonds. The Kier molecular flexibility index (Phi) is 4.43. The monoisotopic (exact) mass is 285 g/mol. The van der Waals surface area contributed by atoms with Crippen LogP contribution >= 0.6 is 0 Å². The van der Waals surface area contributed by atoms with Crippen LogP contribution in [0.3, 0.4) is 0 Å². The van der Waals surface area contributed by atoms with E-state index in [4.69, 9.17) is 0 Å². The fourth-order valence-corrected chi connectivity index (χ4v) is 3.30. The van der Waals surface area contributed by atoms with Crippen molar-refractivity contribution in [3.05, 3.63) is 35.4 Å². The smallest absolute Gasteiger partial charge is 0.311 e. The van der Waals surface area contributed by atoms with E-state index in [-0.39, 0.29) is 5.54 Å². The van der Waals surface area contributed by atoms with Crippen molar-refractivity contribution in [3.8, 4) is 0 Å². The molecule has 0 radical (unpaired) electrons. The van der Waals surface area contributed by atoms with Gasteiger partial charge in [0.05, 0.1) is 5.56 Å². The minimum absolute atomic E-state index is 0.0294. The van der Waals surface area contributed by atoms with Crippen LogP contribution in [0, 0.1) is 5.92 Å². The van der Waals surface area contributed by atoms with Gasteiger partial charge in [0.1, 0.15) is 0 Å². The molecule has 0 saturated carbocycles. The summed E-state index contributed by atoms with van der Waals surface area (Å²) in [6, 6.07) is 5.75. The molecule has 2 rings (SSSR count). The van der Waals surface area contributed by atoms with Crippen molar-refractivity contribution < 1.29 is 13.2 Å². The molecule has 1 aromatic rings. The second kappa shape index (κ2) is 5.76. The molecule has 1 heterocycles. The van der Waals surface area contributed by atoms with E-state index in [1.807, 2.05) is 0 Å². The van der Waals surface area contributed by atoms with Gasteiger partial charge in [-0.3, -0.25) is 0 Å². The summed E-state index contributed by atoms with van der Waals surface area (Å²) >= 11 is 0. The molecule has 1 unspecified atom stereocenters. The third-order valence-electron chi connectivity index (χ3n) is 3.93. The van der Waals surface area contributed by atoms with Gasteiger partial charge in [-0.15, -0.1) is 0 Å². The minimum atomic E-state index is -4.26. The summed E-state index contributed by atoms with van der Waals surface area (Å²) in [6.45, 7) is 5.29. The molecule has 4 heteroatoms. The number of alkyl halides is 3. The molecule has 1 nitrogen and oxygen atoms in total. The van der Waals surface area contributed by atoms with E-state index >= 15 is 0 Å². The quantitative estimate of drug-likeness (QED) is 0.863. The Morgan fingerprint density at radius 3 is 2.60 bits per heavy atom. The van der Waals surface area contributed by atoms with Crippen molar-refractivity contribution >= 4 is 0 Å². The first-order chi connectivity index (χ1) is 9.31. The van der Waals surface area contributed by atoms with Gasteiger partial charge in [-0.2, -0.15) is 13.2 Å². The Morgan fingerprint density at radius 1 is 1.30 bits per heavy atom. The maximum atomic E-state index is 12.8. The molecule has 0 spiro atoms. The van der Waals surface area contributed by atoms with Gasteiger partial charge in [-0.25, -0.2) is 0 Å². The van der Waals surface area contributed by atoms with Crippen molar-refractivity contribution in [1.82, 2.24) is 5.32 Å². The topological polar surface area (TPSA) is 12.0 Å². The summed E-state index contributed by atoms with van der Waals surface area (Å²) in [6.07, 6.45) is -0.435. The van der Waals surface area contributed by atoms with E-state index in [0.717, 1.165) is 37.4 Å². The number of hydrogen-bond donors (Lipinski definition) is 1. The molecule has 1 N–H and O–H groups in total. The molecule has 1 aliphatic heterocycles. The van der Waals surface area contributed by atoms with Crippen LogP contribution in [0.4, 0.5) is 13.2 Å². The molecule has 1 aromatic carbocycles. The molecule has 0 aromatic heterocycles. The number of benzene rings is 1. The first-order valence-corrected chi connectivity index (χ1v) is 7.22. The largest absolute Gasteiger partial charge is 0.416 e. The Labute approximate surface area is 118 Å². The van der Waals surface area contributed by atoms with Crippen LogP contribution in [0.5, 0.6) is 0 Å². The lowest BCUT2D eigenvalue weighted by molar-refractivity contribution is -0.137. The molecule has 0 bridgehead atoms. The highest BCUT2D eigenvalue weighted by molar-refractivity contribution is 5.27. The average molecular weight is 285 g/mol. The molecular weight excluding hydrogens is 263 g/mol. The fraction of sp³-hybridized carbons (Fsp3) is 0.625. The molecule has 0 aliphatic carbocycles. The average Bonchev–Trinajstić information content (AvgIpc) is 2.75. The zero-order chi connectivity index (χ0) is 14.8. The van der Waals surface area contributed by atoms with Gasteiger partial charge in [-0.1, -0.05) is 32.0 Å². The third kappa shape index (κ3) is 3.75. The molecular formula is C16H22F3N. The zero-order valence-electron chi connectivity index (χ0n) is 12.1. The van der Waals surface area contributed by atoms with Crippen molar-refractivity contribution in [2.75, 3.05) is 6.54 Å². The summed E-state index contributed by atoms with van der Waals surface area (Å²) < 4.78 is 38.3. The molecule has 1 fully saturated rings. The zero-order valence-corrected chi connectivity index (χ0v) is 12.1. The highest BCUT2D eigenvalue weighted by Gasteiger charge is 2.35. The van der Waals surface area contributed by atoms with Crippen molar-refractivity contribution in [2.45, 2.75) is 51.2 Å². The van der Waals surface area contributed by atoms with Crippen LogP contribution < -0.4 is 5.32 Å². The van der Waals surface area contributed by atoms with Crippen molar-refractivity contribution in [2.24, 2.45) is 5.92 Å². The molecule has 1 atom stereocenters. The summed E-state index contributed by atoms with van der Waals surface area (Å²) in [5.74, 6) is 0.534. The van der Waals surface area contributed by atoms with E-state index < -0.39 is 11.7 Å². The van der Waals surface area contributed by atoms with Gasteiger partial charge in [-0.05, 0) is 49.8 Å². The van der Waals surface area contributed by atoms with Crippen LogP contribution in [0.2, 0.25) is 0 Å². The number of hydrogen-bond acceptors (Lipinski definition) is 1. The van der Waals surface area contributed by atoms with Gasteiger partial charge < -0.3 is 5.32 Å². The summed E-state index contributed by atoms with van der Waals surface area (Å²) in [5, 5.41) is 3.53. The summed E-state index contributed by atoms with van der Waals surface area (Å²) in [5.41, 5.74) is 0.195. The Morgan fingerprint density at radius 2 is 2.05 bits per heavy atom. The highest BCUT2D eigenvalue weighted by atomic mass is 19.4. The van der Waals surface area contributed by atoms with E-state index in [2.05, 4.69) is 19.2 Å². The predicted molar refractivity (Wildman–Crippen MR) is 74.6 cm³/mol. The summed E-state index contributed by atoms with van der Waals surface area (Å²) in [7, 11) is 0. The van der Waals surface area contributed by atoms with Crippen LogP contribution in [-0.2, 0) is 12.6 Å². The first kappa shape index (κ1) is 15.4. The first-order valence-electron chi connectivity index (χ1n) is 7.22. The van der Waals surface area contributed by atoms with Gasteiger partial charge in [0.2, 0.25) is 0 Å². The maximum absolute atomic E-state index is 12.8. The maximum Gasteiger partial charge on any atom is 0.416 e. The SMILES string of the molecule is CC(C)CC1(Cc2cccc(C(F)(F)F)c2)CCCN1. The minimum Gasteiger partial charge on any atom is -0.311 e. The Balaban J connectivity index is 2.19. The van der Waals surface area contributed by atoms with Crippen LogP contribution in [-0.4, -0.2) is 12.1 Å². The highest BCUT2D eigenvalue weighted by Crippen LogP contribution is 2.33. The lowest BCUT2D eigenvalue weighted by atomic mass is 9.82. The second-order valence-electron chi connectivity index (χ2n) is 6.28. The third-order valence-corrected chi connectivity index (χ3v) is 3.93. The van der Waals surface area contributed by atoms with Gasteiger partial charge in [0.15, 0.2) is 0 Å². The van der Waals surface area contributed by atoms with Gasteiger partial charge in [0, 0.05) is 5.54 Å². The number of rotatable bonds is 4. The lowest BCUT2D eigenvalue weighted by Crippen LogP contribution is -2.43. The van der Waals surface area contributed by atoms with E-state index in [1.165, 1.54) is 12.1 Å². The Bertz CT molecular complexity index is 445. The van der Waals surface area contributed by atoms with Crippen LogP contribution in [0.1, 0.15) is 44.2 Å². The predicted octanol–water partition coefficient (Wildman–Crippen LogP) is 4.42. The van der Waals surface area contributed by atoms with Crippen molar-refractivity contribution in [3.63, 3.8) is 0 Å². The fourth-order valence-electron chi connectivity index (χ4n) is 3.30. The van der Waals surface area contributed by atoms with Crippen LogP contribution in [0.25, 0.3) is 0 Å². The standard InChI is InChI=1S/C16H22F3N/c1-12(2)10-15(7-4-8-20-15)11-13-5-3-6-14(9-13)16(17,18)19/h3,5-6,9,12,20H,4,7-8,10-11H2,1-2H3. The van der Waals surface area contributed by atoms with Crippen molar-refractivity contribution in [1.29, 1.82) is 0 Å². The number of nitrogens with one attached hydrogen (secondary N) is 1. The Hall–Kier alpha value is -1.03. The van der Waals surface area contributed by atoms with E-state index in [9.17, 15) is 13.2 Å². The van der Waals surface area contributed by atoms with Gasteiger partial charge >= 0.3 is 6.18 Å². The molecule has 1 saturated heterocycles. The van der Waals surface area contributed by atoms with Crippen LogP contribution in [0.15, 0.2) is 24.3 Å². The molecule has 20 heavy (non-hydrogen) atoms.